The van der Waals surface area contributed by atoms with Gasteiger partial charge in [-0.05, 0) is 43.2 Å². The molecule has 0 saturated heterocycles. The SMILES string of the molecule is CC(=O)N1CCc2cc(-c3nc4cccc(C)n4c3CN)ccc21. The van der Waals surface area contributed by atoms with Crippen molar-refractivity contribution >= 4 is 17.2 Å². The molecule has 5 heteroatoms. The molecular formula is C19H20N4O. The van der Waals surface area contributed by atoms with Gasteiger partial charge in [0.15, 0.2) is 0 Å². The molecule has 5 nitrogen and oxygen atoms in total. The average molecular weight is 320 g/mol. The van der Waals surface area contributed by atoms with Crippen molar-refractivity contribution in [1.82, 2.24) is 9.38 Å². The topological polar surface area (TPSA) is 63.6 Å². The molecule has 1 amide bonds. The van der Waals surface area contributed by atoms with Gasteiger partial charge < -0.3 is 10.6 Å². The van der Waals surface area contributed by atoms with Gasteiger partial charge in [0.25, 0.3) is 0 Å². The number of benzene rings is 1. The Morgan fingerprint density at radius 1 is 1.29 bits per heavy atom. The van der Waals surface area contributed by atoms with Crippen molar-refractivity contribution in [2.24, 2.45) is 5.73 Å². The number of aromatic nitrogens is 2. The van der Waals surface area contributed by atoms with E-state index in [2.05, 4.69) is 23.5 Å². The molecule has 0 bridgehead atoms. The zero-order chi connectivity index (χ0) is 16.8. The van der Waals surface area contributed by atoms with Gasteiger partial charge in [-0.1, -0.05) is 12.1 Å². The molecule has 1 aliphatic heterocycles. The third kappa shape index (κ3) is 2.12. The molecule has 2 N–H and O–H groups in total. The van der Waals surface area contributed by atoms with E-state index in [1.807, 2.05) is 29.2 Å². The van der Waals surface area contributed by atoms with Crippen molar-refractivity contribution in [3.05, 3.63) is 53.3 Å². The van der Waals surface area contributed by atoms with Crippen LogP contribution in [0.25, 0.3) is 16.9 Å². The maximum atomic E-state index is 11.7. The molecule has 0 radical (unpaired) electrons. The van der Waals surface area contributed by atoms with E-state index >= 15 is 0 Å². The highest BCUT2D eigenvalue weighted by molar-refractivity contribution is 5.94. The molecule has 122 valence electrons. The van der Waals surface area contributed by atoms with Crippen LogP contribution in [0.1, 0.15) is 23.9 Å². The summed E-state index contributed by atoms with van der Waals surface area (Å²) in [7, 11) is 0. The lowest BCUT2D eigenvalue weighted by Crippen LogP contribution is -2.25. The largest absolute Gasteiger partial charge is 0.325 e. The van der Waals surface area contributed by atoms with Gasteiger partial charge in [-0.25, -0.2) is 4.98 Å². The number of imidazole rings is 1. The molecule has 2 aromatic heterocycles. The Balaban J connectivity index is 1.87. The highest BCUT2D eigenvalue weighted by Crippen LogP contribution is 2.33. The number of carbonyl (C=O) groups is 1. The van der Waals surface area contributed by atoms with Crippen LogP contribution in [0, 0.1) is 6.92 Å². The highest BCUT2D eigenvalue weighted by atomic mass is 16.2. The number of rotatable bonds is 2. The van der Waals surface area contributed by atoms with Gasteiger partial charge >= 0.3 is 0 Å². The summed E-state index contributed by atoms with van der Waals surface area (Å²) in [6.07, 6.45) is 0.882. The Labute approximate surface area is 140 Å². The van der Waals surface area contributed by atoms with Gasteiger partial charge in [-0.3, -0.25) is 9.20 Å². The minimum Gasteiger partial charge on any atom is -0.325 e. The summed E-state index contributed by atoms with van der Waals surface area (Å²) in [6.45, 7) is 4.85. The van der Waals surface area contributed by atoms with Gasteiger partial charge in [-0.2, -0.15) is 0 Å². The summed E-state index contributed by atoms with van der Waals surface area (Å²) in [5.74, 6) is 0.0903. The van der Waals surface area contributed by atoms with Crippen molar-refractivity contribution in [2.45, 2.75) is 26.8 Å². The predicted octanol–water partition coefficient (Wildman–Crippen LogP) is 2.68. The van der Waals surface area contributed by atoms with Crippen LogP contribution in [0.15, 0.2) is 36.4 Å². The van der Waals surface area contributed by atoms with Gasteiger partial charge in [0.05, 0.1) is 11.4 Å². The lowest BCUT2D eigenvalue weighted by atomic mass is 10.0. The van der Waals surface area contributed by atoms with E-state index in [1.54, 1.807) is 6.92 Å². The standard InChI is InChI=1S/C19H20N4O/c1-12-4-3-5-18-21-19(17(11-20)23(12)18)15-6-7-16-14(10-15)8-9-22(16)13(2)24/h3-7,10H,8-9,11,20H2,1-2H3. The number of anilines is 1. The number of fused-ring (bicyclic) bond motifs is 2. The Morgan fingerprint density at radius 3 is 2.88 bits per heavy atom. The number of hydrogen-bond donors (Lipinski definition) is 1. The van der Waals surface area contributed by atoms with Gasteiger partial charge in [0.1, 0.15) is 5.65 Å². The summed E-state index contributed by atoms with van der Waals surface area (Å²) < 4.78 is 2.12. The zero-order valence-corrected chi connectivity index (χ0v) is 13.9. The van der Waals surface area contributed by atoms with Crippen LogP contribution in [0.3, 0.4) is 0 Å². The molecule has 4 rings (SSSR count). The molecule has 0 atom stereocenters. The normalized spacial score (nSPS) is 13.5. The van der Waals surface area contributed by atoms with Crippen molar-refractivity contribution in [3.8, 4) is 11.3 Å². The van der Waals surface area contributed by atoms with Crippen molar-refractivity contribution in [3.63, 3.8) is 0 Å². The molecule has 0 saturated carbocycles. The first-order chi connectivity index (χ1) is 11.6. The minimum absolute atomic E-state index is 0.0903. The number of pyridine rings is 1. The Kier molecular flexibility index (Phi) is 3.39. The fourth-order valence-electron chi connectivity index (χ4n) is 3.62. The van der Waals surface area contributed by atoms with Crippen LogP contribution >= 0.6 is 0 Å². The second-order valence-corrected chi connectivity index (χ2v) is 6.24. The molecule has 0 spiro atoms. The van der Waals surface area contributed by atoms with E-state index < -0.39 is 0 Å². The van der Waals surface area contributed by atoms with E-state index in [-0.39, 0.29) is 5.91 Å². The quantitative estimate of drug-likeness (QED) is 0.789. The Hall–Kier alpha value is -2.66. The van der Waals surface area contributed by atoms with E-state index in [0.717, 1.165) is 46.9 Å². The maximum Gasteiger partial charge on any atom is 0.223 e. The van der Waals surface area contributed by atoms with Crippen LogP contribution in [0.2, 0.25) is 0 Å². The second-order valence-electron chi connectivity index (χ2n) is 6.24. The van der Waals surface area contributed by atoms with Gasteiger partial charge in [0, 0.05) is 37.0 Å². The number of nitrogens with zero attached hydrogens (tertiary/aromatic N) is 3. The number of aryl methyl sites for hydroxylation is 1. The second kappa shape index (κ2) is 5.46. The number of amides is 1. The van der Waals surface area contributed by atoms with Crippen molar-refractivity contribution in [2.75, 3.05) is 11.4 Å². The number of nitrogens with two attached hydrogens (primary N) is 1. The monoisotopic (exact) mass is 320 g/mol. The molecule has 0 unspecified atom stereocenters. The van der Waals surface area contributed by atoms with E-state index in [1.165, 1.54) is 5.56 Å². The summed E-state index contributed by atoms with van der Waals surface area (Å²) in [6, 6.07) is 12.3. The molecule has 1 aromatic carbocycles. The third-order valence-electron chi connectivity index (χ3n) is 4.76. The number of hydrogen-bond acceptors (Lipinski definition) is 3. The summed E-state index contributed by atoms with van der Waals surface area (Å²) >= 11 is 0. The van der Waals surface area contributed by atoms with Gasteiger partial charge in [-0.15, -0.1) is 0 Å². The zero-order valence-electron chi connectivity index (χ0n) is 13.9. The highest BCUT2D eigenvalue weighted by Gasteiger charge is 2.23. The van der Waals surface area contributed by atoms with Crippen molar-refractivity contribution < 1.29 is 4.79 Å². The van der Waals surface area contributed by atoms with Crippen LogP contribution in [0.4, 0.5) is 5.69 Å². The van der Waals surface area contributed by atoms with E-state index in [9.17, 15) is 4.79 Å². The smallest absolute Gasteiger partial charge is 0.223 e. The molecule has 24 heavy (non-hydrogen) atoms. The van der Waals surface area contributed by atoms with Crippen LogP contribution < -0.4 is 10.6 Å². The Morgan fingerprint density at radius 2 is 2.12 bits per heavy atom. The van der Waals surface area contributed by atoms with Crippen LogP contribution in [-0.4, -0.2) is 21.8 Å². The lowest BCUT2D eigenvalue weighted by molar-refractivity contribution is -0.116. The molecule has 1 aliphatic rings. The molecule has 3 heterocycles. The van der Waals surface area contributed by atoms with Crippen molar-refractivity contribution in [1.29, 1.82) is 0 Å². The van der Waals surface area contributed by atoms with Crippen LogP contribution in [-0.2, 0) is 17.8 Å². The van der Waals surface area contributed by atoms with Gasteiger partial charge in [0.2, 0.25) is 5.91 Å². The fraction of sp³-hybridized carbons (Fsp3) is 0.263. The molecular weight excluding hydrogens is 300 g/mol. The van der Waals surface area contributed by atoms with E-state index in [0.29, 0.717) is 6.54 Å². The first-order valence-electron chi connectivity index (χ1n) is 8.18. The minimum atomic E-state index is 0.0903. The molecule has 3 aromatic rings. The first kappa shape index (κ1) is 14.9. The first-order valence-corrected chi connectivity index (χ1v) is 8.18. The maximum absolute atomic E-state index is 11.7. The molecule has 0 fully saturated rings. The fourth-order valence-corrected chi connectivity index (χ4v) is 3.62. The van der Waals surface area contributed by atoms with E-state index in [4.69, 9.17) is 10.7 Å². The Bertz CT molecular complexity index is 957. The summed E-state index contributed by atoms with van der Waals surface area (Å²) in [4.78, 5) is 18.3. The molecule has 0 aliphatic carbocycles. The van der Waals surface area contributed by atoms with Crippen LogP contribution in [0.5, 0.6) is 0 Å². The summed E-state index contributed by atoms with van der Waals surface area (Å²) in [5.41, 5.74) is 13.3. The lowest BCUT2D eigenvalue weighted by Gasteiger charge is -2.14. The average Bonchev–Trinajstić information content (AvgIpc) is 3.15. The third-order valence-corrected chi connectivity index (χ3v) is 4.76. The summed E-state index contributed by atoms with van der Waals surface area (Å²) in [5, 5.41) is 0. The number of carbonyl (C=O) groups excluding carboxylic acids is 1. The predicted molar refractivity (Wildman–Crippen MR) is 95.0 cm³/mol.